The molecule has 0 aliphatic carbocycles. The molecule has 0 radical (unpaired) electrons. The van der Waals surface area contributed by atoms with E-state index < -0.39 is 0 Å². The molecule has 4 nitrogen and oxygen atoms in total. The lowest BCUT2D eigenvalue weighted by molar-refractivity contribution is 0.530. The van der Waals surface area contributed by atoms with Gasteiger partial charge in [-0.25, -0.2) is 4.39 Å². The number of aromatic nitrogens is 2. The Hall–Kier alpha value is -1.91. The van der Waals surface area contributed by atoms with Gasteiger partial charge in [-0.3, -0.25) is 0 Å². The molecule has 1 aromatic heterocycles. The summed E-state index contributed by atoms with van der Waals surface area (Å²) in [5.74, 6) is 0.315. The Balaban J connectivity index is 2.02. The van der Waals surface area contributed by atoms with E-state index in [-0.39, 0.29) is 5.82 Å². The Morgan fingerprint density at radius 1 is 1.31 bits per heavy atom. The molecule has 0 saturated carbocycles. The van der Waals surface area contributed by atoms with E-state index in [4.69, 9.17) is 4.42 Å². The lowest BCUT2D eigenvalue weighted by Crippen LogP contribution is -2.00. The predicted octanol–water partition coefficient (Wildman–Crippen LogP) is 2.44. The second-order valence-corrected chi connectivity index (χ2v) is 3.56. The molecule has 5 heteroatoms. The minimum atomic E-state index is -0.197. The van der Waals surface area contributed by atoms with Crippen LogP contribution in [0.25, 0.3) is 0 Å². The lowest BCUT2D eigenvalue weighted by atomic mass is 10.1. The summed E-state index contributed by atoms with van der Waals surface area (Å²) >= 11 is 0. The van der Waals surface area contributed by atoms with Crippen molar-refractivity contribution in [3.05, 3.63) is 41.0 Å². The highest BCUT2D eigenvalue weighted by molar-refractivity contribution is 5.27. The van der Waals surface area contributed by atoms with Crippen LogP contribution in [0.3, 0.4) is 0 Å². The summed E-state index contributed by atoms with van der Waals surface area (Å²) in [7, 11) is 0. The van der Waals surface area contributed by atoms with Crippen LogP contribution < -0.4 is 5.32 Å². The van der Waals surface area contributed by atoms with Crippen molar-refractivity contribution in [2.45, 2.75) is 20.4 Å². The molecule has 0 aliphatic heterocycles. The number of hydrogen-bond donors (Lipinski definition) is 1. The Kier molecular flexibility index (Phi) is 2.85. The molecule has 0 saturated heterocycles. The number of benzene rings is 1. The summed E-state index contributed by atoms with van der Waals surface area (Å²) in [6.07, 6.45) is 0. The zero-order valence-corrected chi connectivity index (χ0v) is 9.12. The Labute approximate surface area is 92.5 Å². The van der Waals surface area contributed by atoms with Crippen LogP contribution in [0.1, 0.15) is 17.0 Å². The van der Waals surface area contributed by atoms with Crippen LogP contribution >= 0.6 is 0 Å². The first kappa shape index (κ1) is 10.6. The van der Waals surface area contributed by atoms with E-state index in [1.807, 2.05) is 0 Å². The fraction of sp³-hybridized carbons (Fsp3) is 0.273. The lowest BCUT2D eigenvalue weighted by Gasteiger charge is -2.03. The molecule has 16 heavy (non-hydrogen) atoms. The summed E-state index contributed by atoms with van der Waals surface area (Å²) in [5, 5.41) is 10.5. The normalized spacial score (nSPS) is 10.4. The standard InChI is InChI=1S/C11H12FN3O/c1-7-5-9(3-4-10(7)12)6-13-11-15-14-8(2)16-11/h3-5H,6H2,1-2H3,(H,13,15). The molecule has 2 rings (SSSR count). The summed E-state index contributed by atoms with van der Waals surface area (Å²) in [6, 6.07) is 5.33. The van der Waals surface area contributed by atoms with Crippen LogP contribution in [-0.4, -0.2) is 10.2 Å². The fourth-order valence-corrected chi connectivity index (χ4v) is 1.36. The van der Waals surface area contributed by atoms with Gasteiger partial charge < -0.3 is 9.73 Å². The van der Waals surface area contributed by atoms with Crippen LogP contribution in [0.5, 0.6) is 0 Å². The van der Waals surface area contributed by atoms with Gasteiger partial charge in [0, 0.05) is 13.5 Å². The Morgan fingerprint density at radius 2 is 2.12 bits per heavy atom. The van der Waals surface area contributed by atoms with Crippen LogP contribution in [0.4, 0.5) is 10.4 Å². The highest BCUT2D eigenvalue weighted by Crippen LogP contribution is 2.11. The van der Waals surface area contributed by atoms with Crippen molar-refractivity contribution in [1.82, 2.24) is 10.2 Å². The van der Waals surface area contributed by atoms with E-state index in [1.54, 1.807) is 26.0 Å². The zero-order chi connectivity index (χ0) is 11.5. The van der Waals surface area contributed by atoms with Crippen molar-refractivity contribution in [2.24, 2.45) is 0 Å². The number of nitrogens with one attached hydrogen (secondary N) is 1. The summed E-state index contributed by atoms with van der Waals surface area (Å²) < 4.78 is 18.2. The highest BCUT2D eigenvalue weighted by Gasteiger charge is 2.02. The van der Waals surface area contributed by atoms with Gasteiger partial charge in [-0.2, -0.15) is 0 Å². The van der Waals surface area contributed by atoms with Gasteiger partial charge in [-0.15, -0.1) is 5.10 Å². The Morgan fingerprint density at radius 3 is 2.75 bits per heavy atom. The number of anilines is 1. The van der Waals surface area contributed by atoms with Crippen molar-refractivity contribution in [3.8, 4) is 0 Å². The second-order valence-electron chi connectivity index (χ2n) is 3.56. The summed E-state index contributed by atoms with van der Waals surface area (Å²) in [6.45, 7) is 3.98. The molecule has 0 amide bonds. The number of aryl methyl sites for hydroxylation is 2. The highest BCUT2D eigenvalue weighted by atomic mass is 19.1. The molecular formula is C11H12FN3O. The van der Waals surface area contributed by atoms with Crippen LogP contribution in [-0.2, 0) is 6.54 Å². The van der Waals surface area contributed by atoms with Crippen molar-refractivity contribution >= 4 is 6.01 Å². The molecule has 0 fully saturated rings. The molecule has 2 aromatic rings. The Bertz CT molecular complexity index is 496. The van der Waals surface area contributed by atoms with E-state index in [0.717, 1.165) is 5.56 Å². The number of rotatable bonds is 3. The molecule has 0 aliphatic rings. The van der Waals surface area contributed by atoms with E-state index in [0.29, 0.717) is 24.0 Å². The van der Waals surface area contributed by atoms with E-state index >= 15 is 0 Å². The predicted molar refractivity (Wildman–Crippen MR) is 57.5 cm³/mol. The third-order valence-corrected chi connectivity index (χ3v) is 2.19. The number of nitrogens with zero attached hydrogens (tertiary/aromatic N) is 2. The molecule has 1 aromatic carbocycles. The van der Waals surface area contributed by atoms with Gasteiger partial charge in [-0.1, -0.05) is 17.2 Å². The van der Waals surface area contributed by atoms with Gasteiger partial charge in [-0.05, 0) is 24.1 Å². The van der Waals surface area contributed by atoms with Crippen LogP contribution in [0.15, 0.2) is 22.6 Å². The van der Waals surface area contributed by atoms with Gasteiger partial charge >= 0.3 is 6.01 Å². The summed E-state index contributed by atoms with van der Waals surface area (Å²) in [5.41, 5.74) is 1.59. The second kappa shape index (κ2) is 4.30. The van der Waals surface area contributed by atoms with Crippen molar-refractivity contribution in [2.75, 3.05) is 5.32 Å². The number of hydrogen-bond acceptors (Lipinski definition) is 4. The minimum Gasteiger partial charge on any atom is -0.408 e. The van der Waals surface area contributed by atoms with Gasteiger partial charge in [0.15, 0.2) is 0 Å². The molecule has 1 heterocycles. The zero-order valence-electron chi connectivity index (χ0n) is 9.12. The average molecular weight is 221 g/mol. The minimum absolute atomic E-state index is 0.197. The average Bonchev–Trinajstić information content (AvgIpc) is 2.66. The molecular weight excluding hydrogens is 209 g/mol. The third-order valence-electron chi connectivity index (χ3n) is 2.19. The molecule has 0 atom stereocenters. The van der Waals surface area contributed by atoms with Gasteiger partial charge in [0.2, 0.25) is 5.89 Å². The third kappa shape index (κ3) is 2.36. The van der Waals surface area contributed by atoms with Crippen LogP contribution in [0.2, 0.25) is 0 Å². The quantitative estimate of drug-likeness (QED) is 0.864. The molecule has 0 unspecified atom stereocenters. The first-order valence-electron chi connectivity index (χ1n) is 4.94. The molecule has 0 spiro atoms. The molecule has 1 N–H and O–H groups in total. The molecule has 84 valence electrons. The smallest absolute Gasteiger partial charge is 0.315 e. The van der Waals surface area contributed by atoms with Crippen molar-refractivity contribution < 1.29 is 8.81 Å². The fourth-order valence-electron chi connectivity index (χ4n) is 1.36. The largest absolute Gasteiger partial charge is 0.408 e. The van der Waals surface area contributed by atoms with Gasteiger partial charge in [0.05, 0.1) is 0 Å². The first-order valence-corrected chi connectivity index (χ1v) is 4.94. The summed E-state index contributed by atoms with van der Waals surface area (Å²) in [4.78, 5) is 0. The number of halogens is 1. The molecule has 0 bridgehead atoms. The maximum atomic E-state index is 13.0. The van der Waals surface area contributed by atoms with E-state index in [2.05, 4.69) is 15.5 Å². The van der Waals surface area contributed by atoms with Crippen LogP contribution in [0, 0.1) is 19.7 Å². The first-order chi connectivity index (χ1) is 7.65. The maximum Gasteiger partial charge on any atom is 0.315 e. The van der Waals surface area contributed by atoms with E-state index in [9.17, 15) is 4.39 Å². The van der Waals surface area contributed by atoms with Gasteiger partial charge in [0.1, 0.15) is 5.82 Å². The topological polar surface area (TPSA) is 51.0 Å². The van der Waals surface area contributed by atoms with Crippen molar-refractivity contribution in [3.63, 3.8) is 0 Å². The van der Waals surface area contributed by atoms with Crippen molar-refractivity contribution in [1.29, 1.82) is 0 Å². The maximum absolute atomic E-state index is 13.0. The monoisotopic (exact) mass is 221 g/mol. The SMILES string of the molecule is Cc1nnc(NCc2ccc(F)c(C)c2)o1. The van der Waals surface area contributed by atoms with E-state index in [1.165, 1.54) is 6.07 Å². The van der Waals surface area contributed by atoms with Gasteiger partial charge in [0.25, 0.3) is 0 Å².